The lowest BCUT2D eigenvalue weighted by Crippen LogP contribution is -2.49. The van der Waals surface area contributed by atoms with Gasteiger partial charge in [-0.2, -0.15) is 5.26 Å². The first kappa shape index (κ1) is 22.2. The molecule has 1 aliphatic rings. The fourth-order valence-electron chi connectivity index (χ4n) is 4.74. The second-order valence-corrected chi connectivity index (χ2v) is 8.48. The molecule has 5 rings (SSSR count). The monoisotopic (exact) mass is 460 g/mol. The predicted octanol–water partition coefficient (Wildman–Crippen LogP) is 5.95. The van der Waals surface area contributed by atoms with E-state index in [1.807, 2.05) is 66.7 Å². The first-order valence-corrected chi connectivity index (χ1v) is 11.3. The van der Waals surface area contributed by atoms with Gasteiger partial charge >= 0.3 is 0 Å². The van der Waals surface area contributed by atoms with Crippen molar-refractivity contribution in [3.05, 3.63) is 113 Å². The lowest BCUT2D eigenvalue weighted by molar-refractivity contribution is 0.0697. The zero-order valence-corrected chi connectivity index (χ0v) is 19.6. The summed E-state index contributed by atoms with van der Waals surface area (Å²) in [6.07, 6.45) is 3.85. The minimum absolute atomic E-state index is 0.246. The SMILES string of the molecule is COc1cc2c(cc1OC)C(C#N)(Cc1ccc3ccccc3c1)N(C(=O)c1ccccc1)C=C2. The van der Waals surface area contributed by atoms with Gasteiger partial charge in [0.15, 0.2) is 17.0 Å². The van der Waals surface area contributed by atoms with Gasteiger partial charge in [0, 0.05) is 23.7 Å². The van der Waals surface area contributed by atoms with Crippen LogP contribution in [0, 0.1) is 11.3 Å². The standard InChI is InChI=1S/C30H24N2O3/c1-34-27-17-25-14-15-32(29(33)23-9-4-3-5-10-23)30(20-31,26(25)18-28(27)35-2)19-21-12-13-22-8-6-7-11-24(22)16-21/h3-18H,19H2,1-2H3. The summed E-state index contributed by atoms with van der Waals surface area (Å²) in [5.41, 5.74) is 1.67. The summed E-state index contributed by atoms with van der Waals surface area (Å²) < 4.78 is 11.1. The predicted molar refractivity (Wildman–Crippen MR) is 136 cm³/mol. The van der Waals surface area contributed by atoms with Crippen molar-refractivity contribution in [2.45, 2.75) is 12.0 Å². The molecular formula is C30H24N2O3. The van der Waals surface area contributed by atoms with Gasteiger partial charge in [0.2, 0.25) is 0 Å². The fourth-order valence-corrected chi connectivity index (χ4v) is 4.74. The van der Waals surface area contributed by atoms with Crippen LogP contribution in [0.5, 0.6) is 11.5 Å². The smallest absolute Gasteiger partial charge is 0.259 e. The van der Waals surface area contributed by atoms with Gasteiger partial charge in [0.1, 0.15) is 0 Å². The first-order chi connectivity index (χ1) is 17.1. The third-order valence-electron chi connectivity index (χ3n) is 6.51. The number of hydrogen-bond donors (Lipinski definition) is 0. The molecular weight excluding hydrogens is 436 g/mol. The van der Waals surface area contributed by atoms with Gasteiger partial charge in [-0.25, -0.2) is 0 Å². The minimum Gasteiger partial charge on any atom is -0.493 e. The summed E-state index contributed by atoms with van der Waals surface area (Å²) in [5.74, 6) is 0.827. The molecule has 1 aliphatic heterocycles. The molecule has 5 nitrogen and oxygen atoms in total. The highest BCUT2D eigenvalue weighted by atomic mass is 16.5. The van der Waals surface area contributed by atoms with Crippen molar-refractivity contribution in [3.8, 4) is 17.6 Å². The Morgan fingerprint density at radius 3 is 2.29 bits per heavy atom. The molecule has 1 unspecified atom stereocenters. The molecule has 4 aromatic rings. The number of hydrogen-bond acceptors (Lipinski definition) is 4. The Labute approximate surface area is 204 Å². The number of carbonyl (C=O) groups excluding carboxylic acids is 1. The molecule has 35 heavy (non-hydrogen) atoms. The van der Waals surface area contributed by atoms with Crippen LogP contribution in [0.15, 0.2) is 91.1 Å². The van der Waals surface area contributed by atoms with Gasteiger partial charge in [-0.1, -0.05) is 60.7 Å². The van der Waals surface area contributed by atoms with Gasteiger partial charge in [-0.05, 0) is 52.2 Å². The molecule has 0 aliphatic carbocycles. The van der Waals surface area contributed by atoms with E-state index >= 15 is 0 Å². The van der Waals surface area contributed by atoms with Crippen LogP contribution >= 0.6 is 0 Å². The van der Waals surface area contributed by atoms with Crippen LogP contribution in [0.3, 0.4) is 0 Å². The highest BCUT2D eigenvalue weighted by Gasteiger charge is 2.45. The largest absolute Gasteiger partial charge is 0.493 e. The van der Waals surface area contributed by atoms with Crippen LogP contribution in [0.25, 0.3) is 16.8 Å². The number of fused-ring (bicyclic) bond motifs is 2. The zero-order valence-electron chi connectivity index (χ0n) is 19.6. The Kier molecular flexibility index (Phi) is 5.72. The van der Waals surface area contributed by atoms with Crippen LogP contribution < -0.4 is 9.47 Å². The molecule has 0 saturated heterocycles. The minimum atomic E-state index is -1.29. The molecule has 172 valence electrons. The number of rotatable bonds is 5. The maximum Gasteiger partial charge on any atom is 0.259 e. The van der Waals surface area contributed by atoms with E-state index in [0.717, 1.165) is 21.9 Å². The van der Waals surface area contributed by atoms with E-state index in [4.69, 9.17) is 9.47 Å². The van der Waals surface area contributed by atoms with Crippen LogP contribution in [0.2, 0.25) is 0 Å². The van der Waals surface area contributed by atoms with E-state index in [1.54, 1.807) is 37.5 Å². The molecule has 5 heteroatoms. The Balaban J connectivity index is 1.70. The van der Waals surface area contributed by atoms with E-state index in [0.29, 0.717) is 29.0 Å². The van der Waals surface area contributed by atoms with Crippen molar-refractivity contribution < 1.29 is 14.3 Å². The van der Waals surface area contributed by atoms with Gasteiger partial charge in [0.25, 0.3) is 5.91 Å². The van der Waals surface area contributed by atoms with Crippen LogP contribution in [0.1, 0.15) is 27.0 Å². The highest BCUT2D eigenvalue weighted by molar-refractivity contribution is 5.97. The number of benzene rings is 4. The maximum atomic E-state index is 13.7. The lowest BCUT2D eigenvalue weighted by Gasteiger charge is -2.41. The molecule has 0 spiro atoms. The summed E-state index contributed by atoms with van der Waals surface area (Å²) >= 11 is 0. The number of methoxy groups -OCH3 is 2. The maximum absolute atomic E-state index is 13.7. The van der Waals surface area contributed by atoms with Crippen molar-refractivity contribution in [1.82, 2.24) is 4.90 Å². The van der Waals surface area contributed by atoms with Gasteiger partial charge in [-0.3, -0.25) is 9.69 Å². The Hall–Kier alpha value is -4.56. The number of carbonyl (C=O) groups is 1. The van der Waals surface area contributed by atoms with E-state index in [9.17, 15) is 10.1 Å². The summed E-state index contributed by atoms with van der Waals surface area (Å²) in [6, 6.07) is 29.5. The molecule has 0 bridgehead atoms. The third-order valence-corrected chi connectivity index (χ3v) is 6.51. The quantitative estimate of drug-likeness (QED) is 0.369. The van der Waals surface area contributed by atoms with Crippen molar-refractivity contribution in [2.75, 3.05) is 14.2 Å². The van der Waals surface area contributed by atoms with Crippen molar-refractivity contribution in [2.24, 2.45) is 0 Å². The molecule has 0 N–H and O–H groups in total. The Morgan fingerprint density at radius 1 is 0.886 bits per heavy atom. The van der Waals surface area contributed by atoms with Crippen LogP contribution in [0.4, 0.5) is 0 Å². The van der Waals surface area contributed by atoms with E-state index < -0.39 is 5.54 Å². The molecule has 1 atom stereocenters. The number of amides is 1. The summed E-state index contributed by atoms with van der Waals surface area (Å²) in [4.78, 5) is 15.3. The lowest BCUT2D eigenvalue weighted by atomic mass is 9.78. The van der Waals surface area contributed by atoms with Gasteiger partial charge in [0.05, 0.1) is 20.3 Å². The van der Waals surface area contributed by atoms with Gasteiger partial charge < -0.3 is 9.47 Å². The summed E-state index contributed by atoms with van der Waals surface area (Å²) in [6.45, 7) is 0. The molecule has 0 fully saturated rings. The molecule has 0 aromatic heterocycles. The average molecular weight is 461 g/mol. The second-order valence-electron chi connectivity index (χ2n) is 8.48. The summed E-state index contributed by atoms with van der Waals surface area (Å²) in [7, 11) is 3.14. The number of nitriles is 1. The average Bonchev–Trinajstić information content (AvgIpc) is 2.92. The molecule has 4 aromatic carbocycles. The van der Waals surface area contributed by atoms with Crippen LogP contribution in [-0.2, 0) is 12.0 Å². The molecule has 1 heterocycles. The van der Waals surface area contributed by atoms with Gasteiger partial charge in [-0.15, -0.1) is 0 Å². The molecule has 1 amide bonds. The number of ether oxygens (including phenoxy) is 2. The van der Waals surface area contributed by atoms with E-state index in [2.05, 4.69) is 18.2 Å². The Morgan fingerprint density at radius 2 is 1.57 bits per heavy atom. The summed E-state index contributed by atoms with van der Waals surface area (Å²) in [5, 5.41) is 13.0. The molecule has 0 saturated carbocycles. The van der Waals surface area contributed by atoms with Crippen molar-refractivity contribution in [1.29, 1.82) is 5.26 Å². The van der Waals surface area contributed by atoms with E-state index in [-0.39, 0.29) is 5.91 Å². The van der Waals surface area contributed by atoms with Crippen molar-refractivity contribution in [3.63, 3.8) is 0 Å². The zero-order chi connectivity index (χ0) is 24.4. The normalized spacial score (nSPS) is 16.4. The van der Waals surface area contributed by atoms with Crippen molar-refractivity contribution >= 4 is 22.8 Å². The fraction of sp³-hybridized carbons (Fsp3) is 0.133. The van der Waals surface area contributed by atoms with Crippen LogP contribution in [-0.4, -0.2) is 25.0 Å². The second kappa shape index (κ2) is 9.00. The highest BCUT2D eigenvalue weighted by Crippen LogP contribution is 2.44. The molecule has 0 radical (unpaired) electrons. The van der Waals surface area contributed by atoms with E-state index in [1.165, 1.54) is 0 Å². The Bertz CT molecular complexity index is 1490. The topological polar surface area (TPSA) is 62.6 Å². The first-order valence-electron chi connectivity index (χ1n) is 11.3. The number of nitrogens with zero attached hydrogens (tertiary/aromatic N) is 2. The third kappa shape index (κ3) is 3.79.